The van der Waals surface area contributed by atoms with Gasteiger partial charge < -0.3 is 10.6 Å². The van der Waals surface area contributed by atoms with E-state index in [0.717, 1.165) is 10.0 Å². The fourth-order valence-corrected chi connectivity index (χ4v) is 2.51. The number of rotatable bonds is 5. The first-order valence-corrected chi connectivity index (χ1v) is 7.61. The van der Waals surface area contributed by atoms with Crippen molar-refractivity contribution in [1.29, 1.82) is 0 Å². The second kappa shape index (κ2) is 7.61. The smallest absolute Gasteiger partial charge is 0.232 e. The van der Waals surface area contributed by atoms with Gasteiger partial charge >= 0.3 is 0 Å². The zero-order valence-electron chi connectivity index (χ0n) is 13.4. The predicted octanol–water partition coefficient (Wildman–Crippen LogP) is 3.59. The number of carbonyl (C=O) groups is 1. The van der Waals surface area contributed by atoms with Gasteiger partial charge in [0.25, 0.3) is 0 Å². The van der Waals surface area contributed by atoms with Crippen molar-refractivity contribution in [3.05, 3.63) is 34.3 Å². The van der Waals surface area contributed by atoms with Crippen LogP contribution in [0.1, 0.15) is 33.3 Å². The van der Waals surface area contributed by atoms with Gasteiger partial charge in [0, 0.05) is 18.1 Å². The lowest BCUT2D eigenvalue weighted by atomic mass is 9.82. The van der Waals surface area contributed by atoms with Crippen molar-refractivity contribution in [3.8, 4) is 0 Å². The lowest BCUT2D eigenvalue weighted by Gasteiger charge is -2.34. The van der Waals surface area contributed by atoms with Gasteiger partial charge in [-0.2, -0.15) is 0 Å². The summed E-state index contributed by atoms with van der Waals surface area (Å²) in [7, 11) is 1.85. The summed E-state index contributed by atoms with van der Waals surface area (Å²) in [6, 6.07) is 7.91. The molecule has 120 valence electrons. The molecule has 0 saturated heterocycles. The van der Waals surface area contributed by atoms with Crippen molar-refractivity contribution in [1.82, 2.24) is 4.90 Å². The van der Waals surface area contributed by atoms with Crippen LogP contribution in [0, 0.1) is 5.41 Å². The van der Waals surface area contributed by atoms with Crippen LogP contribution < -0.4 is 5.73 Å². The quantitative estimate of drug-likeness (QED) is 0.852. The fourth-order valence-electron chi connectivity index (χ4n) is 2.25. The minimum absolute atomic E-state index is 0. The van der Waals surface area contributed by atoms with Gasteiger partial charge in [0.15, 0.2) is 0 Å². The molecule has 3 nitrogen and oxygen atoms in total. The molecule has 0 atom stereocenters. The van der Waals surface area contributed by atoms with Crippen LogP contribution in [0.4, 0.5) is 0 Å². The van der Waals surface area contributed by atoms with E-state index >= 15 is 0 Å². The van der Waals surface area contributed by atoms with E-state index in [4.69, 9.17) is 5.73 Å². The van der Waals surface area contributed by atoms with Crippen molar-refractivity contribution in [2.45, 2.75) is 33.1 Å². The van der Waals surface area contributed by atoms with E-state index in [1.54, 1.807) is 4.90 Å². The second-order valence-corrected chi connectivity index (χ2v) is 7.58. The summed E-state index contributed by atoms with van der Waals surface area (Å²) in [6.45, 7) is 9.29. The number of hydrogen-bond acceptors (Lipinski definition) is 2. The Bertz CT molecular complexity index is 472. The number of amides is 1. The highest BCUT2D eigenvalue weighted by Gasteiger charge is 2.34. The van der Waals surface area contributed by atoms with Crippen LogP contribution in [0.3, 0.4) is 0 Å². The van der Waals surface area contributed by atoms with E-state index in [9.17, 15) is 4.79 Å². The van der Waals surface area contributed by atoms with Gasteiger partial charge in [-0.1, -0.05) is 41.9 Å². The Kier molecular flexibility index (Phi) is 7.40. The molecular formula is C16H26BrClN2O. The first-order valence-electron chi connectivity index (χ1n) is 6.82. The van der Waals surface area contributed by atoms with E-state index in [1.165, 1.54) is 0 Å². The molecule has 0 heterocycles. The Labute approximate surface area is 142 Å². The number of likely N-dealkylation sites (N-methyl/N-ethyl adjacent to an activating group) is 1. The largest absolute Gasteiger partial charge is 0.344 e. The maximum atomic E-state index is 12.7. The van der Waals surface area contributed by atoms with Crippen LogP contribution in [0.2, 0.25) is 0 Å². The van der Waals surface area contributed by atoms with Gasteiger partial charge in [0.05, 0.1) is 5.41 Å². The number of benzene rings is 1. The van der Waals surface area contributed by atoms with E-state index in [0.29, 0.717) is 13.1 Å². The van der Waals surface area contributed by atoms with Crippen molar-refractivity contribution in [3.63, 3.8) is 0 Å². The summed E-state index contributed by atoms with van der Waals surface area (Å²) < 4.78 is 1.02. The molecule has 0 fully saturated rings. The summed E-state index contributed by atoms with van der Waals surface area (Å²) in [5.74, 6) is 0.112. The Hall–Kier alpha value is -0.580. The molecule has 1 amide bonds. The Morgan fingerprint density at radius 1 is 1.19 bits per heavy atom. The number of nitrogens with two attached hydrogens (primary N) is 1. The first-order chi connectivity index (χ1) is 9.10. The van der Waals surface area contributed by atoms with Crippen molar-refractivity contribution in [2.24, 2.45) is 11.1 Å². The highest BCUT2D eigenvalue weighted by molar-refractivity contribution is 9.10. The second-order valence-electron chi connectivity index (χ2n) is 6.66. The van der Waals surface area contributed by atoms with Gasteiger partial charge in [-0.15, -0.1) is 12.4 Å². The highest BCUT2D eigenvalue weighted by atomic mass is 79.9. The van der Waals surface area contributed by atoms with Crippen molar-refractivity contribution < 1.29 is 4.79 Å². The summed E-state index contributed by atoms with van der Waals surface area (Å²) in [5.41, 5.74) is 6.15. The van der Waals surface area contributed by atoms with Crippen LogP contribution >= 0.6 is 28.3 Å². The molecule has 21 heavy (non-hydrogen) atoms. The third-order valence-corrected chi connectivity index (χ3v) is 4.19. The standard InChI is InChI=1S/C16H25BrN2O.ClH/c1-15(2,10-18)11-19(5)14(20)16(3,4)12-6-8-13(17)9-7-12;/h6-9H,10-11,18H2,1-5H3;1H. The summed E-state index contributed by atoms with van der Waals surface area (Å²) in [5, 5.41) is 0. The molecule has 1 aromatic rings. The number of nitrogens with zero attached hydrogens (tertiary/aromatic N) is 1. The maximum absolute atomic E-state index is 12.7. The molecule has 0 aliphatic rings. The number of carbonyl (C=O) groups excluding carboxylic acids is 1. The fraction of sp³-hybridized carbons (Fsp3) is 0.562. The van der Waals surface area contributed by atoms with Gasteiger partial charge in [-0.05, 0) is 43.5 Å². The van der Waals surface area contributed by atoms with Gasteiger partial charge in [-0.25, -0.2) is 0 Å². The lowest BCUT2D eigenvalue weighted by Crippen LogP contribution is -2.46. The molecule has 0 saturated carbocycles. The highest BCUT2D eigenvalue weighted by Crippen LogP contribution is 2.28. The normalized spacial score (nSPS) is 11.8. The van der Waals surface area contributed by atoms with E-state index < -0.39 is 5.41 Å². The number of halogens is 2. The summed E-state index contributed by atoms with van der Waals surface area (Å²) in [4.78, 5) is 14.5. The molecule has 0 aromatic heterocycles. The first kappa shape index (κ1) is 20.4. The summed E-state index contributed by atoms with van der Waals surface area (Å²) in [6.07, 6.45) is 0. The molecule has 0 aliphatic heterocycles. The van der Waals surface area contributed by atoms with E-state index in [1.807, 2.05) is 45.2 Å². The van der Waals surface area contributed by atoms with Crippen LogP contribution in [0.5, 0.6) is 0 Å². The molecule has 1 rings (SSSR count). The average molecular weight is 378 g/mol. The van der Waals surface area contributed by atoms with Gasteiger partial charge in [0.2, 0.25) is 5.91 Å². The van der Waals surface area contributed by atoms with Crippen LogP contribution in [-0.2, 0) is 10.2 Å². The molecule has 5 heteroatoms. The van der Waals surface area contributed by atoms with Crippen molar-refractivity contribution in [2.75, 3.05) is 20.1 Å². The van der Waals surface area contributed by atoms with E-state index in [2.05, 4.69) is 29.8 Å². The third kappa shape index (κ3) is 5.28. The minimum atomic E-state index is -0.542. The molecule has 0 bridgehead atoms. The van der Waals surface area contributed by atoms with Crippen LogP contribution in [0.25, 0.3) is 0 Å². The molecule has 1 aromatic carbocycles. The Morgan fingerprint density at radius 3 is 2.10 bits per heavy atom. The Balaban J connectivity index is 0.00000400. The van der Waals surface area contributed by atoms with E-state index in [-0.39, 0.29) is 23.7 Å². The summed E-state index contributed by atoms with van der Waals surface area (Å²) >= 11 is 3.42. The zero-order valence-corrected chi connectivity index (χ0v) is 15.8. The van der Waals surface area contributed by atoms with Gasteiger partial charge in [0.1, 0.15) is 0 Å². The molecule has 0 aliphatic carbocycles. The monoisotopic (exact) mass is 376 g/mol. The minimum Gasteiger partial charge on any atom is -0.344 e. The topological polar surface area (TPSA) is 46.3 Å². The van der Waals surface area contributed by atoms with Crippen LogP contribution in [0.15, 0.2) is 28.7 Å². The zero-order chi connectivity index (χ0) is 15.6. The molecule has 2 N–H and O–H groups in total. The lowest BCUT2D eigenvalue weighted by molar-refractivity contribution is -0.136. The third-order valence-electron chi connectivity index (χ3n) is 3.67. The molecule has 0 spiro atoms. The Morgan fingerprint density at radius 2 is 1.67 bits per heavy atom. The maximum Gasteiger partial charge on any atom is 0.232 e. The van der Waals surface area contributed by atoms with Crippen molar-refractivity contribution >= 4 is 34.2 Å². The SMILES string of the molecule is CN(CC(C)(C)CN)C(=O)C(C)(C)c1ccc(Br)cc1.Cl. The molecule has 0 radical (unpaired) electrons. The molecule has 0 unspecified atom stereocenters. The predicted molar refractivity (Wildman–Crippen MR) is 94.9 cm³/mol. The van der Waals surface area contributed by atoms with Crippen LogP contribution in [-0.4, -0.2) is 30.9 Å². The average Bonchev–Trinajstić information content (AvgIpc) is 2.37. The number of hydrogen-bond donors (Lipinski definition) is 1. The molecular weight excluding hydrogens is 352 g/mol. The van der Waals surface area contributed by atoms with Gasteiger partial charge in [-0.3, -0.25) is 4.79 Å².